The van der Waals surface area contributed by atoms with Crippen molar-refractivity contribution in [2.24, 2.45) is 0 Å². The summed E-state index contributed by atoms with van der Waals surface area (Å²) in [7, 11) is 0. The molecule has 10 rings (SSSR count). The van der Waals surface area contributed by atoms with E-state index in [-0.39, 0.29) is 47.4 Å². The maximum Gasteiger partial charge on any atom is 0.0645 e. The molecule has 0 aliphatic carbocycles. The maximum atomic E-state index is 9.86. The number of hydrogen-bond acceptors (Lipinski definition) is 0. The van der Waals surface area contributed by atoms with E-state index < -0.39 is 0 Å². The highest BCUT2D eigenvalue weighted by molar-refractivity contribution is 6.15. The summed E-state index contributed by atoms with van der Waals surface area (Å²) in [5.41, 5.74) is 8.01. The first kappa shape index (κ1) is 22.8. The summed E-state index contributed by atoms with van der Waals surface area (Å²) in [4.78, 5) is 0. The highest BCUT2D eigenvalue weighted by Crippen LogP contribution is 2.41. The Labute approximate surface area is 299 Å². The van der Waals surface area contributed by atoms with Crippen LogP contribution < -0.4 is 0 Å². The molecule has 10 aromatic rings. The molecule has 50 heavy (non-hydrogen) atoms. The highest BCUT2D eigenvalue weighted by Gasteiger charge is 2.18. The first-order valence-electron chi connectivity index (χ1n) is 19.7. The topological polar surface area (TPSA) is 9.86 Å². The van der Waals surface area contributed by atoms with Crippen LogP contribution >= 0.6 is 0 Å². The second-order valence-corrected chi connectivity index (χ2v) is 12.5. The molecule has 0 N–H and O–H groups in total. The van der Waals surface area contributed by atoms with E-state index in [1.807, 2.05) is 155 Å². The van der Waals surface area contributed by atoms with Crippen LogP contribution in [0.5, 0.6) is 0 Å². The molecule has 0 spiro atoms. The van der Waals surface area contributed by atoms with Gasteiger partial charge in [0.1, 0.15) is 0 Å². The van der Waals surface area contributed by atoms with Gasteiger partial charge in [0.15, 0.2) is 0 Å². The predicted octanol–water partition coefficient (Wildman–Crippen LogP) is 12.9. The van der Waals surface area contributed by atoms with Crippen molar-refractivity contribution in [1.82, 2.24) is 9.13 Å². The lowest BCUT2D eigenvalue weighted by Crippen LogP contribution is -1.95. The van der Waals surface area contributed by atoms with Crippen molar-refractivity contribution in [1.29, 1.82) is 0 Å². The Morgan fingerprint density at radius 2 is 0.840 bits per heavy atom. The van der Waals surface area contributed by atoms with Gasteiger partial charge in [-0.1, -0.05) is 139 Å². The number of rotatable bonds is 5. The minimum atomic E-state index is -0.260. The van der Waals surface area contributed by atoms with Gasteiger partial charge < -0.3 is 9.13 Å². The Kier molecular flexibility index (Phi) is 5.26. The molecule has 0 amide bonds. The summed E-state index contributed by atoms with van der Waals surface area (Å²) in [6.07, 6.45) is 0. The zero-order valence-electron chi connectivity index (χ0n) is 32.9. The van der Waals surface area contributed by atoms with E-state index in [1.165, 1.54) is 0 Å². The smallest absolute Gasteiger partial charge is 0.0645 e. The third-order valence-electron chi connectivity index (χ3n) is 9.56. The van der Waals surface area contributed by atoms with E-state index >= 15 is 0 Å². The maximum absolute atomic E-state index is 9.86. The third kappa shape index (κ3) is 4.50. The van der Waals surface area contributed by atoms with Gasteiger partial charge >= 0.3 is 0 Å². The monoisotopic (exact) mass is 642 g/mol. The number of benzene rings is 8. The molecule has 0 unspecified atom stereocenters. The van der Waals surface area contributed by atoms with Gasteiger partial charge in [-0.3, -0.25) is 0 Å². The fourth-order valence-corrected chi connectivity index (χ4v) is 7.26. The summed E-state index contributed by atoms with van der Waals surface area (Å²) >= 11 is 0. The van der Waals surface area contributed by atoms with E-state index in [0.29, 0.717) is 21.8 Å². The highest BCUT2D eigenvalue weighted by atomic mass is 15.0. The van der Waals surface area contributed by atoms with E-state index in [2.05, 4.69) is 12.1 Å². The Morgan fingerprint density at radius 3 is 1.54 bits per heavy atom. The molecule has 0 fully saturated rings. The average Bonchev–Trinajstić information content (AvgIpc) is 3.79. The van der Waals surface area contributed by atoms with E-state index in [4.69, 9.17) is 0 Å². The molecule has 2 heterocycles. The first-order chi connectivity index (χ1) is 27.3. The van der Waals surface area contributed by atoms with Gasteiger partial charge in [-0.2, -0.15) is 0 Å². The zero-order chi connectivity index (χ0) is 38.2. The van der Waals surface area contributed by atoms with Crippen molar-refractivity contribution in [3.63, 3.8) is 0 Å². The molecule has 8 aromatic carbocycles. The lowest BCUT2D eigenvalue weighted by molar-refractivity contribution is 1.18. The summed E-state index contributed by atoms with van der Waals surface area (Å²) in [5, 5.41) is 2.38. The third-order valence-corrected chi connectivity index (χ3v) is 9.56. The zero-order valence-corrected chi connectivity index (χ0v) is 26.9. The minimum absolute atomic E-state index is 0.00849. The summed E-state index contributed by atoms with van der Waals surface area (Å²) < 4.78 is 61.7. The number of aromatic nitrogens is 2. The standard InChI is InChI=1S/C48H32N2/c1-4-13-33(14-5-1)34-23-27-39(28-24-34)49-45-22-11-10-19-41(45)43-31-36(25-29-46(43)49)37-26-30-47-44(32-37)42-21-12-20-40(35-15-6-2-7-16-35)48(42)50(47)38-17-8-3-9-18-38/h1-32H/i25D,26D,29D,30D,31D,32D. The van der Waals surface area contributed by atoms with E-state index in [9.17, 15) is 8.22 Å². The molecule has 0 aliphatic rings. The van der Waals surface area contributed by atoms with Crippen LogP contribution in [0.25, 0.3) is 88.4 Å². The molecule has 0 saturated carbocycles. The Morgan fingerprint density at radius 1 is 0.320 bits per heavy atom. The lowest BCUT2D eigenvalue weighted by atomic mass is 9.99. The van der Waals surface area contributed by atoms with Crippen LogP contribution in [0.2, 0.25) is 0 Å². The second-order valence-electron chi connectivity index (χ2n) is 12.5. The van der Waals surface area contributed by atoms with Crippen LogP contribution in [0.15, 0.2) is 194 Å². The number of nitrogens with zero attached hydrogens (tertiary/aromatic N) is 2. The average molecular weight is 643 g/mol. The van der Waals surface area contributed by atoms with Crippen molar-refractivity contribution in [3.05, 3.63) is 194 Å². The van der Waals surface area contributed by atoms with Gasteiger partial charge in [0.25, 0.3) is 0 Å². The van der Waals surface area contributed by atoms with Crippen molar-refractivity contribution < 1.29 is 8.22 Å². The fourth-order valence-electron chi connectivity index (χ4n) is 7.26. The summed E-state index contributed by atoms with van der Waals surface area (Å²) in [6, 6.07) is 50.6. The van der Waals surface area contributed by atoms with E-state index in [0.717, 1.165) is 55.4 Å². The van der Waals surface area contributed by atoms with Crippen LogP contribution in [-0.4, -0.2) is 9.13 Å². The van der Waals surface area contributed by atoms with Gasteiger partial charge in [0.2, 0.25) is 0 Å². The number of para-hydroxylation sites is 3. The lowest BCUT2D eigenvalue weighted by Gasteiger charge is -2.12. The van der Waals surface area contributed by atoms with Crippen molar-refractivity contribution >= 4 is 43.6 Å². The number of fused-ring (bicyclic) bond motifs is 6. The van der Waals surface area contributed by atoms with Crippen LogP contribution in [0, 0.1) is 0 Å². The van der Waals surface area contributed by atoms with Crippen molar-refractivity contribution in [3.8, 4) is 44.8 Å². The Balaban J connectivity index is 1.28. The Hall–Kier alpha value is -6.64. The van der Waals surface area contributed by atoms with Crippen LogP contribution in [0.4, 0.5) is 0 Å². The summed E-state index contributed by atoms with van der Waals surface area (Å²) in [6.45, 7) is 0. The van der Waals surface area contributed by atoms with Gasteiger partial charge in [-0.05, 0) is 82.3 Å². The normalized spacial score (nSPS) is 13.3. The van der Waals surface area contributed by atoms with Crippen LogP contribution in [0.3, 0.4) is 0 Å². The number of hydrogen-bond donors (Lipinski definition) is 0. The van der Waals surface area contributed by atoms with Gasteiger partial charge in [0.05, 0.1) is 30.3 Å². The molecule has 0 atom stereocenters. The molecule has 0 bridgehead atoms. The van der Waals surface area contributed by atoms with Crippen LogP contribution in [0.1, 0.15) is 8.22 Å². The molecule has 0 saturated heterocycles. The SMILES string of the molecule is [2H]c1c(-c2c([2H])c([2H])c3c(c2[2H])c2cccc(-c4ccccc4)c2n3-c2ccccc2)c([2H])c2c3ccccc3n(-c3ccc(-c4ccccc4)cc3)c2c1[2H]. The molecule has 2 heteroatoms. The molecular weight excluding hydrogens is 605 g/mol. The molecule has 0 aliphatic heterocycles. The van der Waals surface area contributed by atoms with Crippen molar-refractivity contribution in [2.45, 2.75) is 0 Å². The molecular formula is C48H32N2. The van der Waals surface area contributed by atoms with Crippen LogP contribution in [-0.2, 0) is 0 Å². The molecule has 2 aromatic heterocycles. The largest absolute Gasteiger partial charge is 0.309 e. The van der Waals surface area contributed by atoms with Crippen molar-refractivity contribution in [2.75, 3.05) is 0 Å². The molecule has 234 valence electrons. The Bertz CT molecular complexity index is 3170. The second kappa shape index (κ2) is 11.5. The fraction of sp³-hybridized carbons (Fsp3) is 0. The van der Waals surface area contributed by atoms with Gasteiger partial charge in [0, 0.05) is 38.5 Å². The first-order valence-corrected chi connectivity index (χ1v) is 16.7. The van der Waals surface area contributed by atoms with Gasteiger partial charge in [-0.25, -0.2) is 0 Å². The minimum Gasteiger partial charge on any atom is -0.309 e. The summed E-state index contributed by atoms with van der Waals surface area (Å²) in [5.74, 6) is 0. The molecule has 0 radical (unpaired) electrons. The van der Waals surface area contributed by atoms with Gasteiger partial charge in [-0.15, -0.1) is 0 Å². The predicted molar refractivity (Wildman–Crippen MR) is 211 cm³/mol. The van der Waals surface area contributed by atoms with E-state index in [1.54, 1.807) is 0 Å². The molecule has 2 nitrogen and oxygen atoms in total. The quantitative estimate of drug-likeness (QED) is 0.177.